The molecule has 4 heteroatoms. The van der Waals surface area contributed by atoms with Gasteiger partial charge in [0.25, 0.3) is 0 Å². The van der Waals surface area contributed by atoms with Crippen molar-refractivity contribution in [2.24, 2.45) is 47.3 Å². The van der Waals surface area contributed by atoms with E-state index in [2.05, 4.69) is 41.5 Å². The Morgan fingerprint density at radius 1 is 0.667 bits per heavy atom. The van der Waals surface area contributed by atoms with E-state index in [4.69, 9.17) is 9.47 Å². The normalized spacial score (nSPS) is 33.6. The fraction of sp³-hybridized carbons (Fsp3) is 0.923. The highest BCUT2D eigenvalue weighted by molar-refractivity contribution is 5.95. The molecule has 0 N–H and O–H groups in total. The van der Waals surface area contributed by atoms with Gasteiger partial charge in [0, 0.05) is 0 Å². The maximum absolute atomic E-state index is 13.2. The minimum atomic E-state index is -0.833. The molecule has 0 aliphatic heterocycles. The van der Waals surface area contributed by atoms with Gasteiger partial charge in [-0.2, -0.15) is 0 Å². The van der Waals surface area contributed by atoms with Crippen LogP contribution in [0.2, 0.25) is 0 Å². The van der Waals surface area contributed by atoms with Crippen LogP contribution in [0.5, 0.6) is 0 Å². The van der Waals surface area contributed by atoms with Crippen molar-refractivity contribution in [1.82, 2.24) is 0 Å². The van der Waals surface area contributed by atoms with Crippen molar-refractivity contribution in [3.05, 3.63) is 0 Å². The Hall–Kier alpha value is -1.06. The molecule has 0 aromatic rings. The van der Waals surface area contributed by atoms with Crippen LogP contribution < -0.4 is 0 Å². The molecule has 0 heterocycles. The van der Waals surface area contributed by atoms with Crippen molar-refractivity contribution in [3.8, 4) is 0 Å². The van der Waals surface area contributed by atoms with E-state index in [1.54, 1.807) is 0 Å². The number of carbonyl (C=O) groups excluding carboxylic acids is 2. The molecule has 0 aromatic carbocycles. The Bertz CT molecular complexity index is 521. The lowest BCUT2D eigenvalue weighted by atomic mass is 9.75. The number of hydrogen-bond donors (Lipinski definition) is 0. The quantitative estimate of drug-likeness (QED) is 0.358. The van der Waals surface area contributed by atoms with E-state index in [0.29, 0.717) is 35.5 Å². The SMILES string of the molecule is CC1CCC(C(C)C)C(OC(=O)C(C(=O)OC2CC(C)CCC2C(C)C)C(C)C)C1. The highest BCUT2D eigenvalue weighted by Gasteiger charge is 2.41. The number of ether oxygens (including phenoxy) is 2. The van der Waals surface area contributed by atoms with Gasteiger partial charge in [-0.1, -0.05) is 68.2 Å². The second kappa shape index (κ2) is 11.0. The molecule has 0 aromatic heterocycles. The monoisotopic (exact) mass is 422 g/mol. The summed E-state index contributed by atoms with van der Waals surface area (Å²) < 4.78 is 12.1. The van der Waals surface area contributed by atoms with Gasteiger partial charge in [-0.15, -0.1) is 0 Å². The molecule has 2 rings (SSSR count). The Morgan fingerprint density at radius 2 is 1.03 bits per heavy atom. The second-order valence-corrected chi connectivity index (χ2v) is 11.3. The maximum Gasteiger partial charge on any atom is 0.320 e. The molecular formula is C26H46O4. The standard InChI is InChI=1S/C26H46O4/c1-15(2)20-11-9-18(7)13-22(20)29-25(27)24(17(5)6)26(28)30-23-14-19(8)10-12-21(23)16(3)4/h15-24H,9-14H2,1-8H3. The molecule has 0 spiro atoms. The zero-order chi connectivity index (χ0) is 22.6. The van der Waals surface area contributed by atoms with Gasteiger partial charge in [0.15, 0.2) is 5.92 Å². The Balaban J connectivity index is 2.09. The third-order valence-electron chi connectivity index (χ3n) is 7.63. The average Bonchev–Trinajstić information content (AvgIpc) is 2.60. The lowest BCUT2D eigenvalue weighted by molar-refractivity contribution is -0.177. The van der Waals surface area contributed by atoms with Crippen molar-refractivity contribution in [2.75, 3.05) is 0 Å². The molecule has 2 fully saturated rings. The van der Waals surface area contributed by atoms with Crippen molar-refractivity contribution in [3.63, 3.8) is 0 Å². The largest absolute Gasteiger partial charge is 0.461 e. The predicted octanol–water partition coefficient (Wildman–Crippen LogP) is 6.27. The summed E-state index contributed by atoms with van der Waals surface area (Å²) in [5.74, 6) is 1.05. The fourth-order valence-electron chi connectivity index (χ4n) is 5.59. The number of carbonyl (C=O) groups is 2. The molecule has 2 aliphatic carbocycles. The predicted molar refractivity (Wildman–Crippen MR) is 121 cm³/mol. The number of rotatable bonds is 7. The van der Waals surface area contributed by atoms with Crippen LogP contribution in [0.15, 0.2) is 0 Å². The van der Waals surface area contributed by atoms with E-state index in [-0.39, 0.29) is 30.1 Å². The minimum Gasteiger partial charge on any atom is -0.461 e. The van der Waals surface area contributed by atoms with E-state index in [9.17, 15) is 9.59 Å². The van der Waals surface area contributed by atoms with E-state index >= 15 is 0 Å². The van der Waals surface area contributed by atoms with Crippen molar-refractivity contribution < 1.29 is 19.1 Å². The van der Waals surface area contributed by atoms with Crippen molar-refractivity contribution in [1.29, 1.82) is 0 Å². The zero-order valence-electron chi connectivity index (χ0n) is 20.6. The van der Waals surface area contributed by atoms with E-state index < -0.39 is 5.92 Å². The van der Waals surface area contributed by atoms with Crippen LogP contribution in [0.4, 0.5) is 0 Å². The maximum atomic E-state index is 13.2. The number of hydrogen-bond acceptors (Lipinski definition) is 4. The van der Waals surface area contributed by atoms with Crippen molar-refractivity contribution >= 4 is 11.9 Å². The number of esters is 2. The van der Waals surface area contributed by atoms with Gasteiger partial charge in [-0.3, -0.25) is 9.59 Å². The van der Waals surface area contributed by atoms with Gasteiger partial charge in [0.2, 0.25) is 0 Å². The molecule has 174 valence electrons. The first-order valence-electron chi connectivity index (χ1n) is 12.4. The van der Waals surface area contributed by atoms with Gasteiger partial charge in [-0.25, -0.2) is 0 Å². The van der Waals surface area contributed by atoms with E-state index in [0.717, 1.165) is 25.7 Å². The molecule has 0 bridgehead atoms. The summed E-state index contributed by atoms with van der Waals surface area (Å²) in [4.78, 5) is 26.3. The van der Waals surface area contributed by atoms with Crippen LogP contribution in [-0.2, 0) is 19.1 Å². The molecular weight excluding hydrogens is 376 g/mol. The summed E-state index contributed by atoms with van der Waals surface area (Å²) >= 11 is 0. The molecule has 6 unspecified atom stereocenters. The highest BCUT2D eigenvalue weighted by Crippen LogP contribution is 2.38. The smallest absolute Gasteiger partial charge is 0.320 e. The minimum absolute atomic E-state index is 0.0894. The van der Waals surface area contributed by atoms with Crippen LogP contribution in [0.1, 0.15) is 93.9 Å². The molecule has 2 aliphatic rings. The van der Waals surface area contributed by atoms with Crippen LogP contribution in [0, 0.1) is 47.3 Å². The van der Waals surface area contributed by atoms with E-state index in [1.165, 1.54) is 12.8 Å². The van der Waals surface area contributed by atoms with Crippen molar-refractivity contribution in [2.45, 2.75) is 106 Å². The average molecular weight is 423 g/mol. The first kappa shape index (κ1) is 25.2. The first-order valence-corrected chi connectivity index (χ1v) is 12.4. The van der Waals surface area contributed by atoms with Gasteiger partial charge >= 0.3 is 11.9 Å². The lowest BCUT2D eigenvalue weighted by Gasteiger charge is -2.38. The summed E-state index contributed by atoms with van der Waals surface area (Å²) in [6.45, 7) is 17.1. The van der Waals surface area contributed by atoms with E-state index in [1.807, 2.05) is 13.8 Å². The summed E-state index contributed by atoms with van der Waals surface area (Å²) in [7, 11) is 0. The fourth-order valence-corrected chi connectivity index (χ4v) is 5.59. The first-order chi connectivity index (χ1) is 14.0. The molecule has 0 radical (unpaired) electrons. The van der Waals surface area contributed by atoms with Crippen LogP contribution in [0.25, 0.3) is 0 Å². The highest BCUT2D eigenvalue weighted by atomic mass is 16.6. The van der Waals surface area contributed by atoms with Gasteiger partial charge < -0.3 is 9.47 Å². The molecule has 6 atom stereocenters. The summed E-state index contributed by atoms with van der Waals surface area (Å²) in [5, 5.41) is 0. The Morgan fingerprint density at radius 3 is 1.33 bits per heavy atom. The van der Waals surface area contributed by atoms with Crippen LogP contribution in [-0.4, -0.2) is 24.1 Å². The third-order valence-corrected chi connectivity index (χ3v) is 7.63. The Kier molecular flexibility index (Phi) is 9.24. The third kappa shape index (κ3) is 6.47. The van der Waals surface area contributed by atoms with Crippen LogP contribution in [0.3, 0.4) is 0 Å². The molecule has 30 heavy (non-hydrogen) atoms. The summed E-state index contributed by atoms with van der Waals surface area (Å²) in [6.07, 6.45) is 6.15. The topological polar surface area (TPSA) is 52.6 Å². The second-order valence-electron chi connectivity index (χ2n) is 11.3. The van der Waals surface area contributed by atoms with Crippen LogP contribution >= 0.6 is 0 Å². The summed E-state index contributed by atoms with van der Waals surface area (Å²) in [5.41, 5.74) is 0. The van der Waals surface area contributed by atoms with Gasteiger partial charge in [-0.05, 0) is 67.1 Å². The summed E-state index contributed by atoms with van der Waals surface area (Å²) in [6, 6.07) is 0. The zero-order valence-corrected chi connectivity index (χ0v) is 20.6. The molecule has 0 amide bonds. The molecule has 0 saturated heterocycles. The molecule has 4 nitrogen and oxygen atoms in total. The molecule has 2 saturated carbocycles. The van der Waals surface area contributed by atoms with Gasteiger partial charge in [0.05, 0.1) is 0 Å². The van der Waals surface area contributed by atoms with Gasteiger partial charge in [0.1, 0.15) is 12.2 Å². The lowest BCUT2D eigenvalue weighted by Crippen LogP contribution is -2.43. The Labute approximate surface area is 184 Å².